The fourth-order valence-corrected chi connectivity index (χ4v) is 2.94. The number of hydrogen-bond donors (Lipinski definition) is 1. The van der Waals surface area contributed by atoms with Gasteiger partial charge in [-0.05, 0) is 41.5 Å². The number of aromatic nitrogens is 3. The first kappa shape index (κ1) is 13.1. The Balaban J connectivity index is 2.09. The van der Waals surface area contributed by atoms with Crippen LogP contribution in [0.25, 0.3) is 10.8 Å². The first-order valence-corrected chi connectivity index (χ1v) is 7.50. The molecule has 0 saturated heterocycles. The third-order valence-corrected chi connectivity index (χ3v) is 4.02. The van der Waals surface area contributed by atoms with Crippen LogP contribution in [0.5, 0.6) is 0 Å². The van der Waals surface area contributed by atoms with E-state index in [9.17, 15) is 0 Å². The topological polar surface area (TPSA) is 50.7 Å². The first-order chi connectivity index (χ1) is 9.90. The van der Waals surface area contributed by atoms with Gasteiger partial charge in [0, 0.05) is 17.8 Å². The number of fused-ring (bicyclic) bond motifs is 1. The molecule has 0 radical (unpaired) electrons. The SMILES string of the molecule is CCCNC(c1cnns1)c1cccc2ccncc12. The molecule has 3 aromatic rings. The number of nitrogens with zero attached hydrogens (tertiary/aromatic N) is 3. The van der Waals surface area contributed by atoms with Crippen LogP contribution >= 0.6 is 11.5 Å². The van der Waals surface area contributed by atoms with Crippen LogP contribution in [0.15, 0.2) is 42.9 Å². The number of rotatable bonds is 5. The van der Waals surface area contributed by atoms with Gasteiger partial charge in [0.25, 0.3) is 0 Å². The molecule has 0 fully saturated rings. The summed E-state index contributed by atoms with van der Waals surface area (Å²) in [6.07, 6.45) is 6.69. The van der Waals surface area contributed by atoms with Crippen molar-refractivity contribution in [3.8, 4) is 0 Å². The summed E-state index contributed by atoms with van der Waals surface area (Å²) in [6.45, 7) is 3.12. The summed E-state index contributed by atoms with van der Waals surface area (Å²) in [5.74, 6) is 0. The van der Waals surface area contributed by atoms with Crippen LogP contribution < -0.4 is 5.32 Å². The maximum Gasteiger partial charge on any atom is 0.0710 e. The Morgan fingerprint density at radius 3 is 3.00 bits per heavy atom. The third-order valence-electron chi connectivity index (χ3n) is 3.29. The van der Waals surface area contributed by atoms with E-state index in [2.05, 4.69) is 45.0 Å². The fourth-order valence-electron chi connectivity index (χ4n) is 2.34. The van der Waals surface area contributed by atoms with Crippen molar-refractivity contribution in [3.05, 3.63) is 53.3 Å². The second kappa shape index (κ2) is 6.07. The van der Waals surface area contributed by atoms with Crippen molar-refractivity contribution in [1.82, 2.24) is 19.9 Å². The van der Waals surface area contributed by atoms with Crippen LogP contribution in [0.2, 0.25) is 0 Å². The minimum Gasteiger partial charge on any atom is -0.305 e. The lowest BCUT2D eigenvalue weighted by atomic mass is 9.99. The molecule has 0 aliphatic rings. The van der Waals surface area contributed by atoms with Crippen LogP contribution in [-0.2, 0) is 0 Å². The number of pyridine rings is 1. The van der Waals surface area contributed by atoms with Crippen molar-refractivity contribution in [2.24, 2.45) is 0 Å². The van der Waals surface area contributed by atoms with E-state index >= 15 is 0 Å². The Morgan fingerprint density at radius 1 is 1.25 bits per heavy atom. The summed E-state index contributed by atoms with van der Waals surface area (Å²) in [4.78, 5) is 5.40. The highest BCUT2D eigenvalue weighted by molar-refractivity contribution is 7.05. The summed E-state index contributed by atoms with van der Waals surface area (Å²) in [6, 6.07) is 8.52. The van der Waals surface area contributed by atoms with Gasteiger partial charge in [-0.25, -0.2) is 0 Å². The maximum atomic E-state index is 4.26. The van der Waals surface area contributed by atoms with Gasteiger partial charge in [-0.15, -0.1) is 5.10 Å². The van der Waals surface area contributed by atoms with Crippen LogP contribution in [0, 0.1) is 0 Å². The van der Waals surface area contributed by atoms with E-state index < -0.39 is 0 Å². The largest absolute Gasteiger partial charge is 0.305 e. The van der Waals surface area contributed by atoms with Gasteiger partial charge < -0.3 is 5.32 Å². The Hall–Kier alpha value is -1.85. The molecule has 20 heavy (non-hydrogen) atoms. The molecule has 4 nitrogen and oxygen atoms in total. The van der Waals surface area contributed by atoms with E-state index in [0.717, 1.165) is 17.8 Å². The zero-order valence-electron chi connectivity index (χ0n) is 11.3. The molecule has 3 rings (SSSR count). The minimum absolute atomic E-state index is 0.128. The molecule has 0 amide bonds. The van der Waals surface area contributed by atoms with Crippen LogP contribution in [-0.4, -0.2) is 21.1 Å². The van der Waals surface area contributed by atoms with E-state index in [-0.39, 0.29) is 6.04 Å². The monoisotopic (exact) mass is 284 g/mol. The Kier molecular flexibility index (Phi) is 3.99. The molecule has 0 saturated carbocycles. The van der Waals surface area contributed by atoms with E-state index in [0.29, 0.717) is 0 Å². The molecule has 0 aliphatic carbocycles. The molecule has 1 aromatic carbocycles. The maximum absolute atomic E-state index is 4.26. The summed E-state index contributed by atoms with van der Waals surface area (Å²) in [5.41, 5.74) is 1.23. The molecule has 5 heteroatoms. The quantitative estimate of drug-likeness (QED) is 0.782. The number of hydrogen-bond acceptors (Lipinski definition) is 5. The van der Waals surface area contributed by atoms with Crippen molar-refractivity contribution in [2.75, 3.05) is 6.54 Å². The normalized spacial score (nSPS) is 12.7. The highest BCUT2D eigenvalue weighted by atomic mass is 32.1. The van der Waals surface area contributed by atoms with Crippen molar-refractivity contribution < 1.29 is 0 Å². The molecule has 0 bridgehead atoms. The standard InChI is InChI=1S/C15H16N4S/c1-2-7-17-15(14-10-18-19-20-14)12-5-3-4-11-6-8-16-9-13(11)12/h3-6,8-10,15,17H,2,7H2,1H3. The molecule has 2 heterocycles. The summed E-state index contributed by atoms with van der Waals surface area (Å²) in [7, 11) is 0. The highest BCUT2D eigenvalue weighted by Gasteiger charge is 2.18. The van der Waals surface area contributed by atoms with Gasteiger partial charge in [-0.1, -0.05) is 29.6 Å². The first-order valence-electron chi connectivity index (χ1n) is 6.73. The van der Waals surface area contributed by atoms with Gasteiger partial charge in [-0.3, -0.25) is 4.98 Å². The molecule has 1 atom stereocenters. The lowest BCUT2D eigenvalue weighted by molar-refractivity contribution is 0.608. The zero-order valence-corrected chi connectivity index (χ0v) is 12.1. The van der Waals surface area contributed by atoms with E-state index in [1.165, 1.54) is 27.9 Å². The average Bonchev–Trinajstić information content (AvgIpc) is 3.02. The molecule has 2 aromatic heterocycles. The van der Waals surface area contributed by atoms with Gasteiger partial charge >= 0.3 is 0 Å². The van der Waals surface area contributed by atoms with Gasteiger partial charge in [0.05, 0.1) is 17.1 Å². The Bertz CT molecular complexity index is 676. The highest BCUT2D eigenvalue weighted by Crippen LogP contribution is 2.29. The lowest BCUT2D eigenvalue weighted by Gasteiger charge is -2.18. The smallest absolute Gasteiger partial charge is 0.0710 e. The van der Waals surface area contributed by atoms with Crippen molar-refractivity contribution in [1.29, 1.82) is 0 Å². The van der Waals surface area contributed by atoms with E-state index in [1.807, 2.05) is 24.7 Å². The second-order valence-electron chi connectivity index (χ2n) is 4.65. The molecule has 0 aliphatic heterocycles. The molecule has 1 N–H and O–H groups in total. The molecule has 0 spiro atoms. The van der Waals surface area contributed by atoms with E-state index in [1.54, 1.807) is 0 Å². The van der Waals surface area contributed by atoms with Gasteiger partial charge in [0.15, 0.2) is 0 Å². The van der Waals surface area contributed by atoms with Crippen LogP contribution in [0.3, 0.4) is 0 Å². The second-order valence-corrected chi connectivity index (χ2v) is 5.47. The van der Waals surface area contributed by atoms with Crippen molar-refractivity contribution >= 4 is 22.3 Å². The average molecular weight is 284 g/mol. The summed E-state index contributed by atoms with van der Waals surface area (Å²) in [5, 5.41) is 9.94. The van der Waals surface area contributed by atoms with E-state index in [4.69, 9.17) is 0 Å². The third kappa shape index (κ3) is 2.55. The summed E-state index contributed by atoms with van der Waals surface area (Å²) >= 11 is 1.44. The number of nitrogens with one attached hydrogen (secondary N) is 1. The molecule has 102 valence electrons. The van der Waals surface area contributed by atoms with Gasteiger partial charge in [0.1, 0.15) is 0 Å². The van der Waals surface area contributed by atoms with Crippen molar-refractivity contribution in [3.63, 3.8) is 0 Å². The Morgan fingerprint density at radius 2 is 2.20 bits per heavy atom. The van der Waals surface area contributed by atoms with Crippen molar-refractivity contribution in [2.45, 2.75) is 19.4 Å². The van der Waals surface area contributed by atoms with Gasteiger partial charge in [0.2, 0.25) is 0 Å². The van der Waals surface area contributed by atoms with Gasteiger partial charge in [-0.2, -0.15) is 0 Å². The minimum atomic E-state index is 0.128. The predicted molar refractivity (Wildman–Crippen MR) is 81.8 cm³/mol. The van der Waals surface area contributed by atoms with Crippen LogP contribution in [0.1, 0.15) is 29.8 Å². The molecular weight excluding hydrogens is 268 g/mol. The fraction of sp³-hybridized carbons (Fsp3) is 0.267. The van der Waals surface area contributed by atoms with Crippen LogP contribution in [0.4, 0.5) is 0 Å². The Labute approximate surface area is 122 Å². The molecule has 1 unspecified atom stereocenters. The number of benzene rings is 1. The summed E-state index contributed by atoms with van der Waals surface area (Å²) < 4.78 is 3.99. The zero-order chi connectivity index (χ0) is 13.8. The lowest BCUT2D eigenvalue weighted by Crippen LogP contribution is -2.22. The predicted octanol–water partition coefficient (Wildman–Crippen LogP) is 3.18. The molecular formula is C15H16N4S.